The standard InChI is InChI=1S/C31H33ClN2O3/c32-27-13-7-12-26(18-27)30(36)20-34(19-23-8-3-1-4-9-23)28(21-35)16-25-14-15-31(29(33)17-25)37-22-24-10-5-2-6-11-24/h1-15,17-18,28,30,35-36H,16,19-22,33H2/t28-,30+/m0/s1. The number of benzene rings is 4. The lowest BCUT2D eigenvalue weighted by Crippen LogP contribution is -2.41. The van der Waals surface area contributed by atoms with E-state index in [2.05, 4.69) is 4.90 Å². The minimum Gasteiger partial charge on any atom is -0.487 e. The van der Waals surface area contributed by atoms with Crippen LogP contribution in [0.1, 0.15) is 28.4 Å². The summed E-state index contributed by atoms with van der Waals surface area (Å²) in [7, 11) is 0. The van der Waals surface area contributed by atoms with Crippen molar-refractivity contribution in [2.24, 2.45) is 0 Å². The molecule has 0 fully saturated rings. The Kier molecular flexibility index (Phi) is 9.58. The van der Waals surface area contributed by atoms with Gasteiger partial charge in [-0.25, -0.2) is 0 Å². The number of aliphatic hydroxyl groups is 2. The van der Waals surface area contributed by atoms with Gasteiger partial charge in [-0.3, -0.25) is 4.90 Å². The van der Waals surface area contributed by atoms with Gasteiger partial charge in [-0.1, -0.05) is 90.5 Å². The second-order valence-corrected chi connectivity index (χ2v) is 9.61. The molecule has 0 bridgehead atoms. The van der Waals surface area contributed by atoms with Gasteiger partial charge in [0, 0.05) is 24.2 Å². The molecule has 0 radical (unpaired) electrons. The quantitative estimate of drug-likeness (QED) is 0.212. The predicted octanol–water partition coefficient (Wildman–Crippen LogP) is 5.64. The van der Waals surface area contributed by atoms with Gasteiger partial charge < -0.3 is 20.7 Å². The summed E-state index contributed by atoms with van der Waals surface area (Å²) in [6.45, 7) is 1.29. The lowest BCUT2D eigenvalue weighted by Gasteiger charge is -2.32. The predicted molar refractivity (Wildman–Crippen MR) is 149 cm³/mol. The number of nitrogen functional groups attached to an aromatic ring is 1. The topological polar surface area (TPSA) is 79.0 Å². The number of rotatable bonds is 12. The van der Waals surface area contributed by atoms with Crippen molar-refractivity contribution in [1.29, 1.82) is 0 Å². The minimum atomic E-state index is -0.754. The van der Waals surface area contributed by atoms with Crippen molar-refractivity contribution in [3.05, 3.63) is 130 Å². The van der Waals surface area contributed by atoms with Crippen LogP contribution >= 0.6 is 11.6 Å². The van der Waals surface area contributed by atoms with Crippen molar-refractivity contribution in [3.8, 4) is 5.75 Å². The minimum absolute atomic E-state index is 0.0682. The van der Waals surface area contributed by atoms with E-state index < -0.39 is 6.10 Å². The van der Waals surface area contributed by atoms with Crippen molar-refractivity contribution in [1.82, 2.24) is 4.90 Å². The summed E-state index contributed by atoms with van der Waals surface area (Å²) in [6.07, 6.45) is -0.190. The third-order valence-electron chi connectivity index (χ3n) is 6.38. The number of aliphatic hydroxyl groups excluding tert-OH is 2. The van der Waals surface area contributed by atoms with Crippen LogP contribution in [0.25, 0.3) is 0 Å². The van der Waals surface area contributed by atoms with E-state index in [0.717, 1.165) is 22.3 Å². The van der Waals surface area contributed by atoms with E-state index in [1.54, 1.807) is 12.1 Å². The van der Waals surface area contributed by atoms with Crippen LogP contribution in [0.4, 0.5) is 5.69 Å². The highest BCUT2D eigenvalue weighted by Gasteiger charge is 2.23. The van der Waals surface area contributed by atoms with E-state index in [-0.39, 0.29) is 12.6 Å². The molecule has 0 aliphatic carbocycles. The summed E-state index contributed by atoms with van der Waals surface area (Å²) in [5.74, 6) is 0.630. The van der Waals surface area contributed by atoms with Crippen LogP contribution in [0.2, 0.25) is 5.02 Å². The fourth-order valence-electron chi connectivity index (χ4n) is 4.37. The fourth-order valence-corrected chi connectivity index (χ4v) is 4.57. The number of anilines is 1. The van der Waals surface area contributed by atoms with Crippen LogP contribution in [0.15, 0.2) is 103 Å². The Balaban J connectivity index is 1.49. The van der Waals surface area contributed by atoms with Crippen LogP contribution in [0.5, 0.6) is 5.75 Å². The molecule has 37 heavy (non-hydrogen) atoms. The molecule has 0 amide bonds. The van der Waals surface area contributed by atoms with Crippen molar-refractivity contribution < 1.29 is 14.9 Å². The maximum Gasteiger partial charge on any atom is 0.142 e. The highest BCUT2D eigenvalue weighted by molar-refractivity contribution is 6.30. The van der Waals surface area contributed by atoms with E-state index in [1.165, 1.54) is 0 Å². The van der Waals surface area contributed by atoms with Gasteiger partial charge in [0.15, 0.2) is 0 Å². The molecule has 0 saturated heterocycles. The summed E-state index contributed by atoms with van der Waals surface area (Å²) >= 11 is 6.15. The number of nitrogens with two attached hydrogens (primary N) is 1. The lowest BCUT2D eigenvalue weighted by molar-refractivity contribution is 0.0566. The van der Waals surface area contributed by atoms with Crippen molar-refractivity contribution >= 4 is 17.3 Å². The van der Waals surface area contributed by atoms with Crippen molar-refractivity contribution in [3.63, 3.8) is 0 Å². The van der Waals surface area contributed by atoms with Gasteiger partial charge in [-0.2, -0.15) is 0 Å². The van der Waals surface area contributed by atoms with Crippen molar-refractivity contribution in [2.45, 2.75) is 31.7 Å². The van der Waals surface area contributed by atoms with E-state index in [0.29, 0.717) is 42.6 Å². The van der Waals surface area contributed by atoms with E-state index in [9.17, 15) is 10.2 Å². The molecular weight excluding hydrogens is 484 g/mol. The normalized spacial score (nSPS) is 12.9. The molecule has 4 aromatic carbocycles. The van der Waals surface area contributed by atoms with Gasteiger partial charge >= 0.3 is 0 Å². The fraction of sp³-hybridized carbons (Fsp3) is 0.226. The first-order chi connectivity index (χ1) is 18.0. The summed E-state index contributed by atoms with van der Waals surface area (Å²) < 4.78 is 5.92. The molecule has 4 aromatic rings. The molecule has 5 nitrogen and oxygen atoms in total. The monoisotopic (exact) mass is 516 g/mol. The van der Waals surface area contributed by atoms with Gasteiger partial charge in [-0.05, 0) is 52.9 Å². The highest BCUT2D eigenvalue weighted by Crippen LogP contribution is 2.26. The molecular formula is C31H33ClN2O3. The zero-order chi connectivity index (χ0) is 26.0. The Morgan fingerprint density at radius 2 is 1.51 bits per heavy atom. The largest absolute Gasteiger partial charge is 0.487 e. The molecule has 0 aliphatic heterocycles. The molecule has 4 rings (SSSR count). The maximum absolute atomic E-state index is 11.0. The molecule has 0 aliphatic rings. The summed E-state index contributed by atoms with van der Waals surface area (Å²) in [4.78, 5) is 2.11. The second kappa shape index (κ2) is 13.3. The average Bonchev–Trinajstić information content (AvgIpc) is 2.92. The Labute approximate surface area is 223 Å². The summed E-state index contributed by atoms with van der Waals surface area (Å²) in [5.41, 5.74) is 10.8. The van der Waals surface area contributed by atoms with E-state index >= 15 is 0 Å². The lowest BCUT2D eigenvalue weighted by atomic mass is 10.0. The number of halogens is 1. The molecule has 6 heteroatoms. The Hall–Kier alpha value is -3.35. The molecule has 0 unspecified atom stereocenters. The third kappa shape index (κ3) is 7.81. The van der Waals surface area contributed by atoms with Crippen LogP contribution < -0.4 is 10.5 Å². The number of ether oxygens (including phenoxy) is 1. The van der Waals surface area contributed by atoms with Crippen LogP contribution in [0, 0.1) is 0 Å². The Morgan fingerprint density at radius 1 is 0.811 bits per heavy atom. The number of hydrogen-bond acceptors (Lipinski definition) is 5. The smallest absolute Gasteiger partial charge is 0.142 e. The van der Waals surface area contributed by atoms with E-state index in [1.807, 2.05) is 91.0 Å². The molecule has 0 aromatic heterocycles. The Morgan fingerprint density at radius 3 is 2.16 bits per heavy atom. The molecule has 192 valence electrons. The molecule has 4 N–H and O–H groups in total. The van der Waals surface area contributed by atoms with Gasteiger partial charge in [0.2, 0.25) is 0 Å². The Bertz CT molecular complexity index is 1250. The van der Waals surface area contributed by atoms with Gasteiger partial charge in [0.05, 0.1) is 18.4 Å². The van der Waals surface area contributed by atoms with Crippen molar-refractivity contribution in [2.75, 3.05) is 18.9 Å². The second-order valence-electron chi connectivity index (χ2n) is 9.17. The molecule has 0 saturated carbocycles. The van der Waals surface area contributed by atoms with Crippen LogP contribution in [0.3, 0.4) is 0 Å². The first kappa shape index (κ1) is 26.7. The first-order valence-corrected chi connectivity index (χ1v) is 12.8. The van der Waals surface area contributed by atoms with E-state index in [4.69, 9.17) is 22.1 Å². The van der Waals surface area contributed by atoms with Gasteiger partial charge in [0.1, 0.15) is 12.4 Å². The maximum atomic E-state index is 11.0. The number of hydrogen-bond donors (Lipinski definition) is 3. The first-order valence-electron chi connectivity index (χ1n) is 12.4. The molecule has 0 heterocycles. The molecule has 2 atom stereocenters. The number of nitrogens with zero attached hydrogens (tertiary/aromatic N) is 1. The summed E-state index contributed by atoms with van der Waals surface area (Å²) in [5, 5.41) is 22.0. The van der Waals surface area contributed by atoms with Gasteiger partial charge in [-0.15, -0.1) is 0 Å². The third-order valence-corrected chi connectivity index (χ3v) is 6.61. The van der Waals surface area contributed by atoms with Crippen LogP contribution in [-0.4, -0.2) is 34.3 Å². The zero-order valence-corrected chi connectivity index (χ0v) is 21.5. The SMILES string of the molecule is Nc1cc(C[C@@H](CO)N(Cc2ccccc2)C[C@@H](O)c2cccc(Cl)c2)ccc1OCc1ccccc1. The van der Waals surface area contributed by atoms with Crippen LogP contribution in [-0.2, 0) is 19.6 Å². The highest BCUT2D eigenvalue weighted by atomic mass is 35.5. The zero-order valence-electron chi connectivity index (χ0n) is 20.7. The average molecular weight is 517 g/mol. The summed E-state index contributed by atoms with van der Waals surface area (Å²) in [6, 6.07) is 32.8. The van der Waals surface area contributed by atoms with Gasteiger partial charge in [0.25, 0.3) is 0 Å². The molecule has 0 spiro atoms.